The highest BCUT2D eigenvalue weighted by Crippen LogP contribution is 2.31. The highest BCUT2D eigenvalue weighted by atomic mass is 19.4. The first-order valence-electron chi connectivity index (χ1n) is 6.50. The molecule has 0 aliphatic carbocycles. The normalized spacial score (nSPS) is 13.2. The van der Waals surface area contributed by atoms with Crippen molar-refractivity contribution in [3.05, 3.63) is 59.7 Å². The summed E-state index contributed by atoms with van der Waals surface area (Å²) >= 11 is 0. The minimum Gasteiger partial charge on any atom is -0.359 e. The molecule has 112 valence electrons. The number of rotatable bonds is 4. The second kappa shape index (κ2) is 6.28. The highest BCUT2D eigenvalue weighted by Gasteiger charge is 2.29. The number of benzene rings is 2. The highest BCUT2D eigenvalue weighted by molar-refractivity contribution is 5.64. The van der Waals surface area contributed by atoms with Crippen LogP contribution in [0.4, 0.5) is 13.2 Å². The van der Waals surface area contributed by atoms with Crippen LogP contribution in [0.3, 0.4) is 0 Å². The maximum atomic E-state index is 12.5. The zero-order chi connectivity index (χ0) is 15.5. The Hall–Kier alpha value is -1.85. The Morgan fingerprint density at radius 2 is 1.71 bits per heavy atom. The number of ether oxygens (including phenoxy) is 1. The van der Waals surface area contributed by atoms with Crippen molar-refractivity contribution in [2.75, 3.05) is 0 Å². The zero-order valence-electron chi connectivity index (χ0n) is 11.5. The van der Waals surface area contributed by atoms with Crippen LogP contribution in [0.15, 0.2) is 48.5 Å². The Bertz CT molecular complexity index is 591. The van der Waals surface area contributed by atoms with Crippen LogP contribution in [-0.2, 0) is 17.5 Å². The summed E-state index contributed by atoms with van der Waals surface area (Å²) in [6.07, 6.45) is -4.68. The van der Waals surface area contributed by atoms with E-state index in [9.17, 15) is 13.2 Å². The molecular weight excluding hydrogens is 279 g/mol. The van der Waals surface area contributed by atoms with Gasteiger partial charge in [-0.1, -0.05) is 30.3 Å². The van der Waals surface area contributed by atoms with Crippen LogP contribution in [0.1, 0.15) is 18.1 Å². The van der Waals surface area contributed by atoms with Crippen LogP contribution < -0.4 is 5.73 Å². The lowest BCUT2D eigenvalue weighted by molar-refractivity contribution is -0.137. The van der Waals surface area contributed by atoms with Gasteiger partial charge in [-0.05, 0) is 41.8 Å². The zero-order valence-corrected chi connectivity index (χ0v) is 11.5. The van der Waals surface area contributed by atoms with Crippen molar-refractivity contribution in [1.29, 1.82) is 0 Å². The van der Waals surface area contributed by atoms with Crippen LogP contribution >= 0.6 is 0 Å². The van der Waals surface area contributed by atoms with Crippen molar-refractivity contribution < 1.29 is 17.9 Å². The molecule has 0 heterocycles. The molecule has 2 nitrogen and oxygen atoms in total. The average Bonchev–Trinajstić information content (AvgIpc) is 2.45. The molecule has 5 heteroatoms. The summed E-state index contributed by atoms with van der Waals surface area (Å²) in [5, 5.41) is 0. The van der Waals surface area contributed by atoms with E-state index in [1.54, 1.807) is 6.92 Å². The standard InChI is InChI=1S/C16H16F3NO/c1-11(20)21-10-12-3-2-4-14(9-12)13-5-7-15(8-6-13)16(17,18)19/h2-9,11H,10,20H2,1H3. The smallest absolute Gasteiger partial charge is 0.359 e. The Kier molecular flexibility index (Phi) is 4.65. The lowest BCUT2D eigenvalue weighted by atomic mass is 10.0. The molecule has 21 heavy (non-hydrogen) atoms. The van der Waals surface area contributed by atoms with E-state index in [0.717, 1.165) is 28.8 Å². The summed E-state index contributed by atoms with van der Waals surface area (Å²) in [6.45, 7) is 2.10. The molecule has 0 radical (unpaired) electrons. The first kappa shape index (κ1) is 15.5. The van der Waals surface area contributed by atoms with Crippen molar-refractivity contribution in [3.8, 4) is 11.1 Å². The van der Waals surface area contributed by atoms with Crippen molar-refractivity contribution in [3.63, 3.8) is 0 Å². The van der Waals surface area contributed by atoms with Gasteiger partial charge in [0.15, 0.2) is 0 Å². The van der Waals surface area contributed by atoms with Crippen molar-refractivity contribution in [1.82, 2.24) is 0 Å². The molecule has 2 aromatic rings. The lowest BCUT2D eigenvalue weighted by Gasteiger charge is -2.10. The minimum absolute atomic E-state index is 0.361. The molecule has 2 N–H and O–H groups in total. The predicted molar refractivity (Wildman–Crippen MR) is 75.3 cm³/mol. The van der Waals surface area contributed by atoms with E-state index >= 15 is 0 Å². The van der Waals surface area contributed by atoms with Gasteiger partial charge in [-0.15, -0.1) is 0 Å². The summed E-state index contributed by atoms with van der Waals surface area (Å²) in [6, 6.07) is 12.6. The largest absolute Gasteiger partial charge is 0.416 e. The summed E-state index contributed by atoms with van der Waals surface area (Å²) in [5.41, 5.74) is 7.36. The average molecular weight is 295 g/mol. The fraction of sp³-hybridized carbons (Fsp3) is 0.250. The third-order valence-electron chi connectivity index (χ3n) is 2.99. The maximum Gasteiger partial charge on any atom is 0.416 e. The van der Waals surface area contributed by atoms with Gasteiger partial charge < -0.3 is 10.5 Å². The van der Waals surface area contributed by atoms with E-state index < -0.39 is 11.7 Å². The van der Waals surface area contributed by atoms with Crippen molar-refractivity contribution in [2.24, 2.45) is 5.73 Å². The van der Waals surface area contributed by atoms with E-state index in [-0.39, 0.29) is 6.23 Å². The van der Waals surface area contributed by atoms with Gasteiger partial charge in [0.25, 0.3) is 0 Å². The van der Waals surface area contributed by atoms with Gasteiger partial charge in [0.1, 0.15) is 6.23 Å². The Morgan fingerprint density at radius 1 is 1.05 bits per heavy atom. The molecule has 0 aliphatic rings. The van der Waals surface area contributed by atoms with Crippen LogP contribution in [0, 0.1) is 0 Å². The van der Waals surface area contributed by atoms with Gasteiger partial charge in [0, 0.05) is 0 Å². The molecule has 0 amide bonds. The Labute approximate surface area is 121 Å². The van der Waals surface area contributed by atoms with Gasteiger partial charge in [-0.3, -0.25) is 0 Å². The fourth-order valence-corrected chi connectivity index (χ4v) is 1.92. The number of hydrogen-bond acceptors (Lipinski definition) is 2. The molecule has 2 aromatic carbocycles. The second-order valence-corrected chi connectivity index (χ2v) is 4.79. The molecule has 0 saturated heterocycles. The Morgan fingerprint density at radius 3 is 2.29 bits per heavy atom. The summed E-state index contributed by atoms with van der Waals surface area (Å²) < 4.78 is 42.9. The maximum absolute atomic E-state index is 12.5. The molecule has 0 fully saturated rings. The first-order chi connectivity index (χ1) is 9.86. The van der Waals surface area contributed by atoms with Crippen molar-refractivity contribution in [2.45, 2.75) is 25.9 Å². The topological polar surface area (TPSA) is 35.2 Å². The van der Waals surface area contributed by atoms with E-state index in [2.05, 4.69) is 0 Å². The lowest BCUT2D eigenvalue weighted by Crippen LogP contribution is -2.18. The predicted octanol–water partition coefficient (Wildman–Crippen LogP) is 4.19. The van der Waals surface area contributed by atoms with Gasteiger partial charge in [0.2, 0.25) is 0 Å². The summed E-state index contributed by atoms with van der Waals surface area (Å²) in [7, 11) is 0. The quantitative estimate of drug-likeness (QED) is 0.858. The Balaban J connectivity index is 2.20. The van der Waals surface area contributed by atoms with Crippen LogP contribution in [0.2, 0.25) is 0 Å². The summed E-state index contributed by atoms with van der Waals surface area (Å²) in [5.74, 6) is 0. The van der Waals surface area contributed by atoms with E-state index in [1.807, 2.05) is 24.3 Å². The molecule has 0 bridgehead atoms. The van der Waals surface area contributed by atoms with Gasteiger partial charge >= 0.3 is 6.18 Å². The van der Waals surface area contributed by atoms with E-state index in [1.165, 1.54) is 12.1 Å². The molecule has 0 aliphatic heterocycles. The van der Waals surface area contributed by atoms with Gasteiger partial charge in [-0.25, -0.2) is 0 Å². The molecule has 0 aromatic heterocycles. The molecule has 2 rings (SSSR count). The number of hydrogen-bond donors (Lipinski definition) is 1. The van der Waals surface area contributed by atoms with Gasteiger partial charge in [0.05, 0.1) is 12.2 Å². The number of halogens is 3. The molecule has 1 atom stereocenters. The molecular formula is C16H16F3NO. The molecule has 0 saturated carbocycles. The third-order valence-corrected chi connectivity index (χ3v) is 2.99. The minimum atomic E-state index is -4.31. The molecule has 0 spiro atoms. The SMILES string of the molecule is CC(N)OCc1cccc(-c2ccc(C(F)(F)F)cc2)c1. The van der Waals surface area contributed by atoms with E-state index in [0.29, 0.717) is 6.61 Å². The van der Waals surface area contributed by atoms with Crippen LogP contribution in [-0.4, -0.2) is 6.23 Å². The van der Waals surface area contributed by atoms with Crippen molar-refractivity contribution >= 4 is 0 Å². The van der Waals surface area contributed by atoms with Crippen LogP contribution in [0.5, 0.6) is 0 Å². The summed E-state index contributed by atoms with van der Waals surface area (Å²) in [4.78, 5) is 0. The molecule has 1 unspecified atom stereocenters. The second-order valence-electron chi connectivity index (χ2n) is 4.79. The first-order valence-corrected chi connectivity index (χ1v) is 6.50. The van der Waals surface area contributed by atoms with Crippen LogP contribution in [0.25, 0.3) is 11.1 Å². The number of alkyl halides is 3. The number of nitrogens with two attached hydrogens (primary N) is 1. The van der Waals surface area contributed by atoms with E-state index in [4.69, 9.17) is 10.5 Å². The fourth-order valence-electron chi connectivity index (χ4n) is 1.92. The third kappa shape index (κ3) is 4.31. The van der Waals surface area contributed by atoms with Gasteiger partial charge in [-0.2, -0.15) is 13.2 Å². The monoisotopic (exact) mass is 295 g/mol.